The number of carbonyl (C=O) groups is 1. The maximum Gasteiger partial charge on any atom is 0.416 e. The molecule has 1 aliphatic heterocycles. The average Bonchev–Trinajstić information content (AvgIpc) is 2.46. The van der Waals surface area contributed by atoms with Crippen molar-refractivity contribution < 1.29 is 27.4 Å². The Morgan fingerprint density at radius 1 is 1.33 bits per heavy atom. The number of rotatable bonds is 5. The SMILES string of the molecule is O=CCCc1cc(C(F)(F)F)ccc1OC1CCCCO1. The van der Waals surface area contributed by atoms with E-state index in [1.165, 1.54) is 6.07 Å². The van der Waals surface area contributed by atoms with Gasteiger partial charge in [-0.15, -0.1) is 0 Å². The Morgan fingerprint density at radius 2 is 2.14 bits per heavy atom. The molecule has 3 nitrogen and oxygen atoms in total. The zero-order chi connectivity index (χ0) is 15.3. The van der Waals surface area contributed by atoms with E-state index in [1.807, 2.05) is 0 Å². The molecule has 0 spiro atoms. The van der Waals surface area contributed by atoms with Crippen molar-refractivity contribution in [3.63, 3.8) is 0 Å². The molecule has 0 bridgehead atoms. The van der Waals surface area contributed by atoms with Crippen molar-refractivity contribution in [1.82, 2.24) is 0 Å². The zero-order valence-corrected chi connectivity index (χ0v) is 11.5. The lowest BCUT2D eigenvalue weighted by Gasteiger charge is -2.25. The van der Waals surface area contributed by atoms with Gasteiger partial charge in [0, 0.05) is 12.8 Å². The molecule has 0 radical (unpaired) electrons. The number of aryl methyl sites for hydroxylation is 1. The van der Waals surface area contributed by atoms with Crippen LogP contribution in [0.1, 0.15) is 36.8 Å². The molecule has 1 fully saturated rings. The molecule has 1 saturated heterocycles. The number of halogens is 3. The third kappa shape index (κ3) is 4.46. The van der Waals surface area contributed by atoms with E-state index in [0.717, 1.165) is 25.0 Å². The van der Waals surface area contributed by atoms with Gasteiger partial charge >= 0.3 is 6.18 Å². The molecule has 0 N–H and O–H groups in total. The second-order valence-electron chi connectivity index (χ2n) is 4.94. The van der Waals surface area contributed by atoms with Crippen LogP contribution in [0, 0.1) is 0 Å². The summed E-state index contributed by atoms with van der Waals surface area (Å²) in [7, 11) is 0. The summed E-state index contributed by atoms with van der Waals surface area (Å²) in [4.78, 5) is 10.5. The van der Waals surface area contributed by atoms with Crippen LogP contribution >= 0.6 is 0 Å². The second-order valence-corrected chi connectivity index (χ2v) is 4.94. The molecule has 116 valence electrons. The Hall–Kier alpha value is -1.56. The highest BCUT2D eigenvalue weighted by molar-refractivity contribution is 5.51. The zero-order valence-electron chi connectivity index (χ0n) is 11.5. The second kappa shape index (κ2) is 6.93. The molecule has 1 heterocycles. The van der Waals surface area contributed by atoms with Crippen molar-refractivity contribution in [1.29, 1.82) is 0 Å². The van der Waals surface area contributed by atoms with E-state index in [0.29, 0.717) is 30.6 Å². The quantitative estimate of drug-likeness (QED) is 0.777. The van der Waals surface area contributed by atoms with E-state index in [9.17, 15) is 18.0 Å². The van der Waals surface area contributed by atoms with Crippen LogP contribution in [0.25, 0.3) is 0 Å². The number of aldehydes is 1. The van der Waals surface area contributed by atoms with Crippen LogP contribution in [0.3, 0.4) is 0 Å². The molecule has 0 saturated carbocycles. The van der Waals surface area contributed by atoms with Crippen molar-refractivity contribution in [2.45, 2.75) is 44.6 Å². The number of hydrogen-bond donors (Lipinski definition) is 0. The van der Waals surface area contributed by atoms with Gasteiger partial charge in [-0.05, 0) is 43.0 Å². The predicted molar refractivity (Wildman–Crippen MR) is 70.0 cm³/mol. The fraction of sp³-hybridized carbons (Fsp3) is 0.533. The van der Waals surface area contributed by atoms with Gasteiger partial charge in [-0.3, -0.25) is 0 Å². The summed E-state index contributed by atoms with van der Waals surface area (Å²) >= 11 is 0. The van der Waals surface area contributed by atoms with Crippen molar-refractivity contribution in [2.24, 2.45) is 0 Å². The standard InChI is InChI=1S/C15H17F3O3/c16-15(17,18)12-6-7-13(11(10-12)4-3-8-19)21-14-5-1-2-9-20-14/h6-8,10,14H,1-5,9H2. The highest BCUT2D eigenvalue weighted by atomic mass is 19.4. The van der Waals surface area contributed by atoms with E-state index in [4.69, 9.17) is 9.47 Å². The fourth-order valence-corrected chi connectivity index (χ4v) is 2.23. The third-order valence-corrected chi connectivity index (χ3v) is 3.32. The third-order valence-electron chi connectivity index (χ3n) is 3.32. The largest absolute Gasteiger partial charge is 0.465 e. The Labute approximate surface area is 121 Å². The van der Waals surface area contributed by atoms with Gasteiger partial charge in [-0.2, -0.15) is 13.2 Å². The van der Waals surface area contributed by atoms with Gasteiger partial charge in [-0.25, -0.2) is 0 Å². The summed E-state index contributed by atoms with van der Waals surface area (Å²) in [6.07, 6.45) is -1.13. The lowest BCUT2D eigenvalue weighted by molar-refractivity contribution is -0.137. The van der Waals surface area contributed by atoms with Gasteiger partial charge in [0.1, 0.15) is 12.0 Å². The van der Waals surface area contributed by atoms with Crippen LogP contribution in [0.15, 0.2) is 18.2 Å². The Kier molecular flexibility index (Phi) is 5.22. The first-order valence-electron chi connectivity index (χ1n) is 6.92. The van der Waals surface area contributed by atoms with Crippen LogP contribution in [-0.4, -0.2) is 19.2 Å². The van der Waals surface area contributed by atoms with Gasteiger partial charge in [0.2, 0.25) is 0 Å². The van der Waals surface area contributed by atoms with Gasteiger partial charge in [0.25, 0.3) is 0 Å². The molecule has 1 aromatic carbocycles. The molecule has 1 atom stereocenters. The van der Waals surface area contributed by atoms with Crippen LogP contribution in [-0.2, 0) is 22.1 Å². The number of carbonyl (C=O) groups excluding carboxylic acids is 1. The van der Waals surface area contributed by atoms with E-state index >= 15 is 0 Å². The van der Waals surface area contributed by atoms with Crippen LogP contribution in [0.4, 0.5) is 13.2 Å². The summed E-state index contributed by atoms with van der Waals surface area (Å²) in [6.45, 7) is 0.592. The molecular formula is C15H17F3O3. The molecule has 0 amide bonds. The molecule has 1 aliphatic rings. The summed E-state index contributed by atoms with van der Waals surface area (Å²) in [5.41, 5.74) is -0.355. The molecular weight excluding hydrogens is 285 g/mol. The molecule has 0 aromatic heterocycles. The lowest BCUT2D eigenvalue weighted by atomic mass is 10.0. The average molecular weight is 302 g/mol. The first-order valence-corrected chi connectivity index (χ1v) is 6.92. The van der Waals surface area contributed by atoms with Crippen LogP contribution in [0.5, 0.6) is 5.75 Å². The highest BCUT2D eigenvalue weighted by Crippen LogP contribution is 2.33. The highest BCUT2D eigenvalue weighted by Gasteiger charge is 2.31. The Morgan fingerprint density at radius 3 is 2.76 bits per heavy atom. The molecule has 0 aliphatic carbocycles. The first kappa shape index (κ1) is 15.8. The van der Waals surface area contributed by atoms with E-state index < -0.39 is 18.0 Å². The topological polar surface area (TPSA) is 35.5 Å². The van der Waals surface area contributed by atoms with E-state index in [1.54, 1.807) is 0 Å². The molecule has 6 heteroatoms. The van der Waals surface area contributed by atoms with E-state index in [-0.39, 0.29) is 12.8 Å². The monoisotopic (exact) mass is 302 g/mol. The summed E-state index contributed by atoms with van der Waals surface area (Å²) in [5.74, 6) is 0.358. The molecule has 1 unspecified atom stereocenters. The molecule has 2 rings (SSSR count). The van der Waals surface area contributed by atoms with Crippen molar-refractivity contribution in [2.75, 3.05) is 6.61 Å². The van der Waals surface area contributed by atoms with Crippen LogP contribution < -0.4 is 4.74 Å². The predicted octanol–water partition coefficient (Wildman–Crippen LogP) is 3.74. The lowest BCUT2D eigenvalue weighted by Crippen LogP contribution is -2.25. The minimum Gasteiger partial charge on any atom is -0.465 e. The summed E-state index contributed by atoms with van der Waals surface area (Å²) in [6, 6.07) is 3.34. The van der Waals surface area contributed by atoms with Crippen LogP contribution in [0.2, 0.25) is 0 Å². The molecule has 21 heavy (non-hydrogen) atoms. The number of benzene rings is 1. The van der Waals surface area contributed by atoms with Crippen molar-refractivity contribution >= 4 is 6.29 Å². The number of hydrogen-bond acceptors (Lipinski definition) is 3. The van der Waals surface area contributed by atoms with Gasteiger partial charge in [0.15, 0.2) is 6.29 Å². The van der Waals surface area contributed by atoms with Gasteiger partial charge in [-0.1, -0.05) is 0 Å². The minimum atomic E-state index is -4.41. The molecule has 1 aromatic rings. The maximum absolute atomic E-state index is 12.7. The first-order chi connectivity index (χ1) is 10.0. The number of ether oxygens (including phenoxy) is 2. The summed E-state index contributed by atoms with van der Waals surface area (Å²) in [5, 5.41) is 0. The van der Waals surface area contributed by atoms with Gasteiger partial charge in [0.05, 0.1) is 12.2 Å². The van der Waals surface area contributed by atoms with Crippen molar-refractivity contribution in [3.8, 4) is 5.75 Å². The van der Waals surface area contributed by atoms with Crippen molar-refractivity contribution in [3.05, 3.63) is 29.3 Å². The van der Waals surface area contributed by atoms with E-state index in [2.05, 4.69) is 0 Å². The number of alkyl halides is 3. The smallest absolute Gasteiger partial charge is 0.416 e. The van der Waals surface area contributed by atoms with Gasteiger partial charge < -0.3 is 14.3 Å². The minimum absolute atomic E-state index is 0.156. The normalized spacial score (nSPS) is 19.3. The summed E-state index contributed by atoms with van der Waals surface area (Å²) < 4.78 is 49.3. The maximum atomic E-state index is 12.7. The fourth-order valence-electron chi connectivity index (χ4n) is 2.23. The Balaban J connectivity index is 2.19. The Bertz CT molecular complexity index is 480.